The lowest BCUT2D eigenvalue weighted by Crippen LogP contribution is -2.35. The monoisotopic (exact) mass is 290 g/mol. The van der Waals surface area contributed by atoms with Crippen molar-refractivity contribution in [2.45, 2.75) is 31.7 Å². The molecule has 1 aliphatic heterocycles. The standard InChI is InChI=1S/C14H18N4O3/c19-18(20)11-4-5-12-13(9-11)17-14(16-12)21-8-6-10-3-1-2-7-15-10/h4-5,9-10,15H,1-3,6-8H2,(H,16,17)/t10-/m1/s1. The number of ether oxygens (including phenoxy) is 1. The lowest BCUT2D eigenvalue weighted by atomic mass is 10.0. The molecule has 7 heteroatoms. The summed E-state index contributed by atoms with van der Waals surface area (Å²) in [6.45, 7) is 1.67. The molecule has 2 N–H and O–H groups in total. The molecule has 112 valence electrons. The summed E-state index contributed by atoms with van der Waals surface area (Å²) in [5.74, 6) is 0. The van der Waals surface area contributed by atoms with Crippen LogP contribution in [0.25, 0.3) is 11.0 Å². The molecule has 1 saturated heterocycles. The van der Waals surface area contributed by atoms with Crippen molar-refractivity contribution >= 4 is 16.7 Å². The molecule has 1 atom stereocenters. The average Bonchev–Trinajstić information content (AvgIpc) is 2.90. The Labute approximate surface area is 121 Å². The third-order valence-electron chi connectivity index (χ3n) is 3.77. The Bertz CT molecular complexity index is 634. The highest BCUT2D eigenvalue weighted by molar-refractivity contribution is 5.78. The van der Waals surface area contributed by atoms with Gasteiger partial charge in [0.1, 0.15) is 0 Å². The Hall–Kier alpha value is -2.15. The highest BCUT2D eigenvalue weighted by atomic mass is 16.6. The van der Waals surface area contributed by atoms with Gasteiger partial charge in [0.15, 0.2) is 0 Å². The lowest BCUT2D eigenvalue weighted by molar-refractivity contribution is -0.384. The molecule has 2 heterocycles. The fourth-order valence-corrected chi connectivity index (χ4v) is 2.62. The van der Waals surface area contributed by atoms with Crippen LogP contribution in [0.2, 0.25) is 0 Å². The maximum Gasteiger partial charge on any atom is 0.294 e. The third kappa shape index (κ3) is 3.30. The van der Waals surface area contributed by atoms with Gasteiger partial charge in [-0.2, -0.15) is 4.98 Å². The first-order valence-electron chi connectivity index (χ1n) is 7.23. The van der Waals surface area contributed by atoms with E-state index in [9.17, 15) is 10.1 Å². The molecule has 0 aliphatic carbocycles. The van der Waals surface area contributed by atoms with Crippen LogP contribution >= 0.6 is 0 Å². The fraction of sp³-hybridized carbons (Fsp3) is 0.500. The number of nitro benzene ring substituents is 1. The van der Waals surface area contributed by atoms with Crippen molar-refractivity contribution in [3.8, 4) is 6.01 Å². The van der Waals surface area contributed by atoms with Crippen molar-refractivity contribution in [1.82, 2.24) is 15.3 Å². The summed E-state index contributed by atoms with van der Waals surface area (Å²) in [5.41, 5.74) is 1.34. The molecular formula is C14H18N4O3. The van der Waals surface area contributed by atoms with Crippen LogP contribution < -0.4 is 10.1 Å². The van der Waals surface area contributed by atoms with Crippen LogP contribution in [0.5, 0.6) is 6.01 Å². The number of hydrogen-bond donors (Lipinski definition) is 2. The quantitative estimate of drug-likeness (QED) is 0.651. The van der Waals surface area contributed by atoms with E-state index in [1.165, 1.54) is 31.4 Å². The van der Waals surface area contributed by atoms with Crippen LogP contribution in [0.1, 0.15) is 25.7 Å². The minimum Gasteiger partial charge on any atom is -0.465 e. The number of imidazole rings is 1. The zero-order chi connectivity index (χ0) is 14.7. The topological polar surface area (TPSA) is 93.1 Å². The van der Waals surface area contributed by atoms with Gasteiger partial charge in [-0.1, -0.05) is 6.42 Å². The second-order valence-electron chi connectivity index (χ2n) is 5.28. The molecule has 21 heavy (non-hydrogen) atoms. The summed E-state index contributed by atoms with van der Waals surface area (Å²) in [5, 5.41) is 14.2. The van der Waals surface area contributed by atoms with Crippen LogP contribution in [-0.2, 0) is 0 Å². The van der Waals surface area contributed by atoms with E-state index < -0.39 is 4.92 Å². The third-order valence-corrected chi connectivity index (χ3v) is 3.77. The molecule has 0 amide bonds. The number of nitro groups is 1. The highest BCUT2D eigenvalue weighted by Gasteiger charge is 2.13. The highest BCUT2D eigenvalue weighted by Crippen LogP contribution is 2.21. The van der Waals surface area contributed by atoms with E-state index in [1.54, 1.807) is 6.07 Å². The van der Waals surface area contributed by atoms with Gasteiger partial charge in [-0.15, -0.1) is 0 Å². The molecule has 1 aromatic heterocycles. The number of aromatic nitrogens is 2. The largest absolute Gasteiger partial charge is 0.465 e. The van der Waals surface area contributed by atoms with E-state index in [4.69, 9.17) is 4.74 Å². The van der Waals surface area contributed by atoms with Gasteiger partial charge >= 0.3 is 0 Å². The van der Waals surface area contributed by atoms with Gasteiger partial charge in [0.25, 0.3) is 11.7 Å². The molecule has 0 unspecified atom stereocenters. The molecule has 7 nitrogen and oxygen atoms in total. The van der Waals surface area contributed by atoms with Crippen LogP contribution in [0, 0.1) is 10.1 Å². The van der Waals surface area contributed by atoms with E-state index in [0.29, 0.717) is 29.7 Å². The first-order valence-corrected chi connectivity index (χ1v) is 7.23. The summed E-state index contributed by atoms with van der Waals surface area (Å²) >= 11 is 0. The Balaban J connectivity index is 1.60. The van der Waals surface area contributed by atoms with Gasteiger partial charge < -0.3 is 15.0 Å². The number of nitrogens with zero attached hydrogens (tertiary/aromatic N) is 2. The lowest BCUT2D eigenvalue weighted by Gasteiger charge is -2.22. The Kier molecular flexibility index (Phi) is 4.01. The fourth-order valence-electron chi connectivity index (χ4n) is 2.62. The van der Waals surface area contributed by atoms with E-state index in [0.717, 1.165) is 13.0 Å². The normalized spacial score (nSPS) is 18.8. The minimum absolute atomic E-state index is 0.0455. The van der Waals surface area contributed by atoms with Crippen LogP contribution in [0.4, 0.5) is 5.69 Å². The number of H-pyrrole nitrogens is 1. The van der Waals surface area contributed by atoms with E-state index in [-0.39, 0.29) is 5.69 Å². The number of fused-ring (bicyclic) bond motifs is 1. The van der Waals surface area contributed by atoms with Crippen molar-refractivity contribution in [2.75, 3.05) is 13.2 Å². The van der Waals surface area contributed by atoms with E-state index in [1.807, 2.05) is 0 Å². The summed E-state index contributed by atoms with van der Waals surface area (Å²) in [7, 11) is 0. The number of nitrogens with one attached hydrogen (secondary N) is 2. The molecule has 0 saturated carbocycles. The van der Waals surface area contributed by atoms with Crippen molar-refractivity contribution in [1.29, 1.82) is 0 Å². The molecule has 0 radical (unpaired) electrons. The smallest absolute Gasteiger partial charge is 0.294 e. The molecule has 1 aromatic carbocycles. The maximum atomic E-state index is 10.7. The second kappa shape index (κ2) is 6.09. The Morgan fingerprint density at radius 3 is 3.10 bits per heavy atom. The zero-order valence-electron chi connectivity index (χ0n) is 11.7. The summed E-state index contributed by atoms with van der Waals surface area (Å²) in [6, 6.07) is 5.47. The molecule has 0 bridgehead atoms. The van der Waals surface area contributed by atoms with Crippen LogP contribution in [0.3, 0.4) is 0 Å². The summed E-state index contributed by atoms with van der Waals surface area (Å²) in [4.78, 5) is 17.6. The van der Waals surface area contributed by atoms with Gasteiger partial charge in [0.05, 0.1) is 22.6 Å². The second-order valence-corrected chi connectivity index (χ2v) is 5.28. The molecule has 1 aliphatic rings. The predicted molar refractivity (Wildman–Crippen MR) is 78.5 cm³/mol. The maximum absolute atomic E-state index is 10.7. The molecular weight excluding hydrogens is 272 g/mol. The van der Waals surface area contributed by atoms with E-state index in [2.05, 4.69) is 15.3 Å². The van der Waals surface area contributed by atoms with Crippen LogP contribution in [-0.4, -0.2) is 34.1 Å². The van der Waals surface area contributed by atoms with E-state index >= 15 is 0 Å². The zero-order valence-corrected chi connectivity index (χ0v) is 11.7. The number of piperidine rings is 1. The first-order chi connectivity index (χ1) is 10.2. The number of hydrogen-bond acceptors (Lipinski definition) is 5. The average molecular weight is 290 g/mol. The SMILES string of the molecule is O=[N+]([O-])c1ccc2nc(OCC[C@H]3CCCCN3)[nH]c2c1. The van der Waals surface area contributed by atoms with Gasteiger partial charge in [0.2, 0.25) is 0 Å². The number of rotatable bonds is 5. The minimum atomic E-state index is -0.421. The van der Waals surface area contributed by atoms with Gasteiger partial charge in [-0.25, -0.2) is 0 Å². The van der Waals surface area contributed by atoms with Gasteiger partial charge in [-0.05, 0) is 31.9 Å². The summed E-state index contributed by atoms with van der Waals surface area (Å²) < 4.78 is 5.62. The van der Waals surface area contributed by atoms with Gasteiger partial charge in [0, 0.05) is 18.2 Å². The molecule has 0 spiro atoms. The van der Waals surface area contributed by atoms with Crippen molar-refractivity contribution in [3.63, 3.8) is 0 Å². The first kappa shape index (κ1) is 13.8. The van der Waals surface area contributed by atoms with Crippen molar-refractivity contribution in [3.05, 3.63) is 28.3 Å². The molecule has 1 fully saturated rings. The number of benzene rings is 1. The molecule has 2 aromatic rings. The number of non-ortho nitro benzene ring substituents is 1. The van der Waals surface area contributed by atoms with Gasteiger partial charge in [-0.3, -0.25) is 10.1 Å². The Morgan fingerprint density at radius 1 is 1.43 bits per heavy atom. The van der Waals surface area contributed by atoms with Crippen molar-refractivity contribution < 1.29 is 9.66 Å². The Morgan fingerprint density at radius 2 is 2.33 bits per heavy atom. The predicted octanol–water partition coefficient (Wildman–Crippen LogP) is 2.38. The number of aromatic amines is 1. The van der Waals surface area contributed by atoms with Crippen molar-refractivity contribution in [2.24, 2.45) is 0 Å². The summed E-state index contributed by atoms with van der Waals surface area (Å²) in [6.07, 6.45) is 4.65. The molecule has 3 rings (SSSR count). The van der Waals surface area contributed by atoms with Crippen LogP contribution in [0.15, 0.2) is 18.2 Å².